The van der Waals surface area contributed by atoms with Crippen LogP contribution in [-0.4, -0.2) is 40.2 Å². The molecule has 0 N–H and O–H groups in total. The van der Waals surface area contributed by atoms with Crippen molar-refractivity contribution in [1.29, 1.82) is 0 Å². The van der Waals surface area contributed by atoms with E-state index in [-0.39, 0.29) is 17.8 Å². The van der Waals surface area contributed by atoms with E-state index in [9.17, 15) is 9.18 Å². The zero-order valence-electron chi connectivity index (χ0n) is 14.9. The molecule has 134 valence electrons. The third-order valence-corrected chi connectivity index (χ3v) is 6.01. The molecule has 1 aromatic heterocycles. The number of aromatic nitrogens is 1. The van der Waals surface area contributed by atoms with Gasteiger partial charge in [-0.05, 0) is 67.5 Å². The summed E-state index contributed by atoms with van der Waals surface area (Å²) in [4.78, 5) is 20.0. The molecule has 1 unspecified atom stereocenters. The Morgan fingerprint density at radius 1 is 1.23 bits per heavy atom. The third-order valence-electron chi connectivity index (χ3n) is 6.01. The monoisotopic (exact) mass is 351 g/mol. The van der Waals surface area contributed by atoms with Gasteiger partial charge >= 0.3 is 0 Å². The Hall–Kier alpha value is -2.43. The second-order valence-corrected chi connectivity index (χ2v) is 7.73. The highest BCUT2D eigenvalue weighted by atomic mass is 19.1. The Balaban J connectivity index is 1.49. The van der Waals surface area contributed by atoms with Gasteiger partial charge in [0.05, 0.1) is 6.54 Å². The molecule has 2 aliphatic carbocycles. The highest BCUT2D eigenvalue weighted by Gasteiger charge is 2.40. The minimum Gasteiger partial charge on any atom is -0.340 e. The van der Waals surface area contributed by atoms with Crippen LogP contribution in [0.25, 0.3) is 10.9 Å². The molecule has 1 atom stereocenters. The number of hydrogen-bond donors (Lipinski definition) is 0. The highest BCUT2D eigenvalue weighted by Crippen LogP contribution is 2.37. The van der Waals surface area contributed by atoms with Crippen LogP contribution in [0.3, 0.4) is 0 Å². The van der Waals surface area contributed by atoms with Gasteiger partial charge in [-0.2, -0.15) is 0 Å². The number of nitrogens with zero attached hydrogens (tertiary/aromatic N) is 3. The molecule has 1 aliphatic heterocycles. The first-order valence-electron chi connectivity index (χ1n) is 9.40. The number of carbonyl (C=O) groups is 1. The number of benzene rings is 1. The van der Waals surface area contributed by atoms with Crippen molar-refractivity contribution in [2.45, 2.75) is 44.2 Å². The molecule has 26 heavy (non-hydrogen) atoms. The van der Waals surface area contributed by atoms with E-state index in [0.29, 0.717) is 11.7 Å². The van der Waals surface area contributed by atoms with Crippen LogP contribution >= 0.6 is 0 Å². The fourth-order valence-electron chi connectivity index (χ4n) is 4.47. The topological polar surface area (TPSA) is 37.6 Å². The van der Waals surface area contributed by atoms with E-state index in [1.165, 1.54) is 23.3 Å². The quantitative estimate of drug-likeness (QED) is 0.827. The summed E-state index contributed by atoms with van der Waals surface area (Å²) < 4.78 is 15.5. The number of aryl methyl sites for hydroxylation is 1. The minimum absolute atomic E-state index is 0.0793. The standard InChI is InChI=1S/C21H22FN3O/c1-24-19-7-3-16(22)8-14(19)10-20(24)21(26)25(17-5-6-17)18-4-2-13-11-23-12-15(13)9-18/h3,7-8,10,12,17-18H,2,4-6,9,11H2,1H3. The van der Waals surface area contributed by atoms with E-state index >= 15 is 0 Å². The van der Waals surface area contributed by atoms with Crippen molar-refractivity contribution in [2.24, 2.45) is 12.0 Å². The van der Waals surface area contributed by atoms with Crippen LogP contribution in [0.4, 0.5) is 4.39 Å². The van der Waals surface area contributed by atoms with E-state index in [2.05, 4.69) is 9.89 Å². The molecule has 0 radical (unpaired) electrons. The smallest absolute Gasteiger partial charge is 0.271 e. The predicted octanol–water partition coefficient (Wildman–Crippen LogP) is 3.86. The predicted molar refractivity (Wildman–Crippen MR) is 100 cm³/mol. The van der Waals surface area contributed by atoms with Crippen molar-refractivity contribution in [2.75, 3.05) is 6.54 Å². The molecule has 0 saturated heterocycles. The Morgan fingerprint density at radius 2 is 2.08 bits per heavy atom. The van der Waals surface area contributed by atoms with Crippen LogP contribution in [-0.2, 0) is 7.05 Å². The molecule has 1 amide bonds. The van der Waals surface area contributed by atoms with Crippen LogP contribution < -0.4 is 0 Å². The first-order valence-corrected chi connectivity index (χ1v) is 9.40. The van der Waals surface area contributed by atoms with Gasteiger partial charge in [0.15, 0.2) is 0 Å². The molecule has 1 aromatic carbocycles. The van der Waals surface area contributed by atoms with E-state index in [4.69, 9.17) is 0 Å². The molecule has 2 aromatic rings. The van der Waals surface area contributed by atoms with Crippen molar-refractivity contribution >= 4 is 23.0 Å². The summed E-state index contributed by atoms with van der Waals surface area (Å²) in [6.07, 6.45) is 7.14. The second-order valence-electron chi connectivity index (χ2n) is 7.73. The molecule has 0 spiro atoms. The second kappa shape index (κ2) is 5.79. The zero-order chi connectivity index (χ0) is 17.8. The minimum atomic E-state index is -0.270. The lowest BCUT2D eigenvalue weighted by molar-refractivity contribution is 0.0636. The van der Waals surface area contributed by atoms with Gasteiger partial charge in [0.25, 0.3) is 5.91 Å². The summed E-state index contributed by atoms with van der Waals surface area (Å²) in [7, 11) is 1.89. The van der Waals surface area contributed by atoms with E-state index in [1.807, 2.05) is 23.9 Å². The normalized spacial score (nSPS) is 22.2. The van der Waals surface area contributed by atoms with Gasteiger partial charge in [0, 0.05) is 36.2 Å². The van der Waals surface area contributed by atoms with Crippen molar-refractivity contribution in [3.05, 3.63) is 46.9 Å². The molecule has 0 bridgehead atoms. The maximum absolute atomic E-state index is 13.6. The zero-order valence-corrected chi connectivity index (χ0v) is 14.9. The average molecular weight is 351 g/mol. The summed E-state index contributed by atoms with van der Waals surface area (Å²) in [6, 6.07) is 7.12. The largest absolute Gasteiger partial charge is 0.340 e. The van der Waals surface area contributed by atoms with E-state index in [0.717, 1.165) is 49.6 Å². The summed E-state index contributed by atoms with van der Waals surface area (Å²) in [5.74, 6) is -0.191. The van der Waals surface area contributed by atoms with Gasteiger partial charge in [-0.15, -0.1) is 0 Å². The lowest BCUT2D eigenvalue weighted by Gasteiger charge is -2.35. The number of aliphatic imine (C=N–C) groups is 1. The average Bonchev–Trinajstić information content (AvgIpc) is 3.25. The fraction of sp³-hybridized carbons (Fsp3) is 0.429. The number of carbonyl (C=O) groups excluding carboxylic acids is 1. The van der Waals surface area contributed by atoms with Gasteiger partial charge in [0.1, 0.15) is 11.5 Å². The van der Waals surface area contributed by atoms with Crippen LogP contribution in [0.2, 0.25) is 0 Å². The Bertz CT molecular complexity index is 967. The molecule has 1 fully saturated rings. The van der Waals surface area contributed by atoms with Crippen molar-refractivity contribution in [3.8, 4) is 0 Å². The van der Waals surface area contributed by atoms with Crippen LogP contribution in [0, 0.1) is 5.82 Å². The fourth-order valence-corrected chi connectivity index (χ4v) is 4.47. The van der Waals surface area contributed by atoms with Crippen LogP contribution in [0.5, 0.6) is 0 Å². The Morgan fingerprint density at radius 3 is 2.88 bits per heavy atom. The van der Waals surface area contributed by atoms with E-state index in [1.54, 1.807) is 6.07 Å². The summed E-state index contributed by atoms with van der Waals surface area (Å²) in [5.41, 5.74) is 4.32. The first-order chi connectivity index (χ1) is 12.6. The molecule has 5 rings (SSSR count). The summed E-state index contributed by atoms with van der Waals surface area (Å²) >= 11 is 0. The summed E-state index contributed by atoms with van der Waals surface area (Å²) in [6.45, 7) is 0.841. The Kier molecular flexibility index (Phi) is 3.52. The maximum atomic E-state index is 13.6. The Labute approximate surface area is 152 Å². The van der Waals surface area contributed by atoms with Crippen molar-refractivity contribution in [3.63, 3.8) is 0 Å². The van der Waals surface area contributed by atoms with Gasteiger partial charge in [-0.3, -0.25) is 9.79 Å². The summed E-state index contributed by atoms with van der Waals surface area (Å²) in [5, 5.41) is 0.781. The molecular weight excluding hydrogens is 329 g/mol. The van der Waals surface area contributed by atoms with E-state index < -0.39 is 0 Å². The van der Waals surface area contributed by atoms with Gasteiger partial charge < -0.3 is 9.47 Å². The number of rotatable bonds is 3. The van der Waals surface area contributed by atoms with Gasteiger partial charge in [-0.1, -0.05) is 0 Å². The van der Waals surface area contributed by atoms with Crippen LogP contribution in [0.1, 0.15) is 42.6 Å². The molecule has 2 heterocycles. The number of fused-ring (bicyclic) bond motifs is 1. The van der Waals surface area contributed by atoms with Crippen molar-refractivity contribution in [1.82, 2.24) is 9.47 Å². The van der Waals surface area contributed by atoms with Crippen molar-refractivity contribution < 1.29 is 9.18 Å². The third kappa shape index (κ3) is 2.49. The SMILES string of the molecule is Cn1c(C(=O)N(C2CC2)C2CCC3=C(C=NC3)C2)cc2cc(F)ccc21. The maximum Gasteiger partial charge on any atom is 0.271 e. The molecule has 3 aliphatic rings. The first kappa shape index (κ1) is 15.8. The van der Waals surface area contributed by atoms with Crippen LogP contribution in [0.15, 0.2) is 40.4 Å². The molecule has 1 saturated carbocycles. The van der Waals surface area contributed by atoms with Gasteiger partial charge in [-0.25, -0.2) is 4.39 Å². The highest BCUT2D eigenvalue weighted by molar-refractivity contribution is 5.99. The number of hydrogen-bond acceptors (Lipinski definition) is 2. The number of amides is 1. The molecule has 5 heteroatoms. The molecule has 4 nitrogen and oxygen atoms in total. The lowest BCUT2D eigenvalue weighted by atomic mass is 9.88. The van der Waals surface area contributed by atoms with Gasteiger partial charge in [0.2, 0.25) is 0 Å². The number of halogens is 1. The molecular formula is C21H22FN3O. The lowest BCUT2D eigenvalue weighted by Crippen LogP contribution is -2.44.